The lowest BCUT2D eigenvalue weighted by atomic mass is 9.84. The smallest absolute Gasteiger partial charge is 0.339 e. The molecule has 3 rings (SSSR count). The number of nitrogens with zero attached hydrogens (tertiary/aromatic N) is 1. The maximum atomic E-state index is 12.5. The average Bonchev–Trinajstić information content (AvgIpc) is 2.80. The van der Waals surface area contributed by atoms with Gasteiger partial charge in [-0.2, -0.15) is 0 Å². The summed E-state index contributed by atoms with van der Waals surface area (Å²) >= 11 is 0. The fourth-order valence-electron chi connectivity index (χ4n) is 3.62. The predicted molar refractivity (Wildman–Crippen MR) is 140 cm³/mol. The molecular formula is C26H27N3O7S. The number of methoxy groups -OCH3 is 2. The van der Waals surface area contributed by atoms with Crippen LogP contribution in [0.5, 0.6) is 5.75 Å². The first-order valence-corrected chi connectivity index (χ1v) is 12.9. The Balaban J connectivity index is 2.28. The van der Waals surface area contributed by atoms with Crippen LogP contribution >= 0.6 is 0 Å². The van der Waals surface area contributed by atoms with Gasteiger partial charge in [0.15, 0.2) is 0 Å². The van der Waals surface area contributed by atoms with Gasteiger partial charge in [-0.25, -0.2) is 22.6 Å². The lowest BCUT2D eigenvalue weighted by Gasteiger charge is -2.24. The van der Waals surface area contributed by atoms with Crippen molar-refractivity contribution in [2.24, 2.45) is 0 Å². The van der Waals surface area contributed by atoms with E-state index in [1.165, 1.54) is 44.7 Å². The molecule has 0 atom stereocenters. The van der Waals surface area contributed by atoms with Crippen LogP contribution in [0, 0.1) is 11.8 Å². The Hall–Kier alpha value is -4.30. The molecule has 37 heavy (non-hydrogen) atoms. The van der Waals surface area contributed by atoms with Gasteiger partial charge in [0.2, 0.25) is 10.0 Å². The third kappa shape index (κ3) is 6.29. The lowest BCUT2D eigenvalue weighted by molar-refractivity contribution is 0.0600. The summed E-state index contributed by atoms with van der Waals surface area (Å²) in [6, 6.07) is 8.77. The second kappa shape index (κ2) is 10.4. The Morgan fingerprint density at radius 1 is 1.03 bits per heavy atom. The van der Waals surface area contributed by atoms with Crippen molar-refractivity contribution in [1.29, 1.82) is 0 Å². The number of rotatable bonds is 5. The fourth-order valence-corrected chi connectivity index (χ4v) is 4.18. The first-order valence-electron chi connectivity index (χ1n) is 11.0. The van der Waals surface area contributed by atoms with Gasteiger partial charge in [0, 0.05) is 29.1 Å². The van der Waals surface area contributed by atoms with Crippen LogP contribution in [0.3, 0.4) is 0 Å². The van der Waals surface area contributed by atoms with Gasteiger partial charge in [-0.15, -0.1) is 0 Å². The van der Waals surface area contributed by atoms with Crippen molar-refractivity contribution in [3.8, 4) is 23.3 Å². The number of nitrogens with one attached hydrogen (secondary N) is 2. The van der Waals surface area contributed by atoms with Crippen molar-refractivity contribution in [2.45, 2.75) is 26.2 Å². The van der Waals surface area contributed by atoms with Gasteiger partial charge in [-0.1, -0.05) is 32.6 Å². The Morgan fingerprint density at radius 2 is 1.70 bits per heavy atom. The number of hydrogen-bond acceptors (Lipinski definition) is 7. The second-order valence-electron chi connectivity index (χ2n) is 9.16. The molecule has 0 spiro atoms. The summed E-state index contributed by atoms with van der Waals surface area (Å²) < 4.78 is 37.0. The highest BCUT2D eigenvalue weighted by Crippen LogP contribution is 2.35. The zero-order valence-electron chi connectivity index (χ0n) is 21.3. The zero-order valence-corrected chi connectivity index (χ0v) is 22.1. The molecular weight excluding hydrogens is 498 g/mol. The van der Waals surface area contributed by atoms with E-state index in [1.807, 2.05) is 20.8 Å². The van der Waals surface area contributed by atoms with Gasteiger partial charge in [-0.3, -0.25) is 9.52 Å². The summed E-state index contributed by atoms with van der Waals surface area (Å²) in [5.74, 6) is 5.63. The zero-order chi connectivity index (χ0) is 27.5. The standard InChI is InChI=1S/C26H27N3O7S/c1-26(2,3)21-15-19(29-22(30)11-12-27-25(29)32)13-17(23(21)35-4)8-7-16-9-10-18(28-37(6,33)34)14-20(16)24(31)36-5/h9-15,28H,1-6H3,(H,27,32). The molecule has 1 heterocycles. The summed E-state index contributed by atoms with van der Waals surface area (Å²) in [7, 11) is -0.881. The maximum absolute atomic E-state index is 12.5. The third-order valence-electron chi connectivity index (χ3n) is 5.26. The molecule has 1 aromatic heterocycles. The van der Waals surface area contributed by atoms with E-state index in [-0.39, 0.29) is 16.8 Å². The largest absolute Gasteiger partial charge is 0.495 e. The van der Waals surface area contributed by atoms with Crippen LogP contribution in [0.15, 0.2) is 52.2 Å². The van der Waals surface area contributed by atoms with Crippen molar-refractivity contribution >= 4 is 21.7 Å². The highest BCUT2D eigenvalue weighted by molar-refractivity contribution is 7.92. The van der Waals surface area contributed by atoms with Crippen molar-refractivity contribution in [3.63, 3.8) is 0 Å². The molecule has 0 amide bonds. The molecule has 0 saturated carbocycles. The molecule has 11 heteroatoms. The average molecular weight is 526 g/mol. The molecule has 2 aromatic carbocycles. The first kappa shape index (κ1) is 27.3. The normalized spacial score (nSPS) is 11.3. The van der Waals surface area contributed by atoms with Crippen LogP contribution in [-0.2, 0) is 20.2 Å². The molecule has 0 aliphatic heterocycles. The van der Waals surface area contributed by atoms with E-state index in [1.54, 1.807) is 12.1 Å². The summed E-state index contributed by atoms with van der Waals surface area (Å²) in [4.78, 5) is 39.9. The highest BCUT2D eigenvalue weighted by Gasteiger charge is 2.23. The summed E-state index contributed by atoms with van der Waals surface area (Å²) in [5.41, 5.74) is 0.276. The molecule has 2 N–H and O–H groups in total. The topological polar surface area (TPSA) is 137 Å². The number of hydrogen-bond donors (Lipinski definition) is 2. The molecule has 0 unspecified atom stereocenters. The molecule has 10 nitrogen and oxygen atoms in total. The van der Waals surface area contributed by atoms with Crippen LogP contribution < -0.4 is 20.7 Å². The third-order valence-corrected chi connectivity index (χ3v) is 5.87. The fraction of sp³-hybridized carbons (Fsp3) is 0.269. The molecule has 0 radical (unpaired) electrons. The van der Waals surface area contributed by atoms with E-state index in [2.05, 4.69) is 21.5 Å². The second-order valence-corrected chi connectivity index (χ2v) is 10.9. The van der Waals surface area contributed by atoms with Gasteiger partial charge < -0.3 is 14.5 Å². The van der Waals surface area contributed by atoms with Gasteiger partial charge in [0.05, 0.1) is 37.3 Å². The Labute approximate surface area is 214 Å². The van der Waals surface area contributed by atoms with Crippen LogP contribution in [0.25, 0.3) is 5.69 Å². The van der Waals surface area contributed by atoms with E-state index in [9.17, 15) is 22.8 Å². The van der Waals surface area contributed by atoms with Crippen LogP contribution in [0.4, 0.5) is 5.69 Å². The van der Waals surface area contributed by atoms with Crippen molar-refractivity contribution in [2.75, 3.05) is 25.2 Å². The van der Waals surface area contributed by atoms with E-state index >= 15 is 0 Å². The van der Waals surface area contributed by atoms with Crippen molar-refractivity contribution in [3.05, 3.63) is 85.7 Å². The van der Waals surface area contributed by atoms with Crippen LogP contribution in [0.1, 0.15) is 47.8 Å². The summed E-state index contributed by atoms with van der Waals surface area (Å²) in [6.07, 6.45) is 2.26. The van der Waals surface area contributed by atoms with Crippen molar-refractivity contribution in [1.82, 2.24) is 9.55 Å². The number of ether oxygens (including phenoxy) is 2. The van der Waals surface area contributed by atoms with E-state index in [0.717, 1.165) is 10.8 Å². The predicted octanol–water partition coefficient (Wildman–Crippen LogP) is 2.39. The number of esters is 1. The molecule has 0 aliphatic rings. The first-order chi connectivity index (χ1) is 17.2. The quantitative estimate of drug-likeness (QED) is 0.386. The number of carbonyl (C=O) groups is 1. The van der Waals surface area contributed by atoms with Crippen LogP contribution in [0.2, 0.25) is 0 Å². The number of sulfonamides is 1. The monoisotopic (exact) mass is 525 g/mol. The number of carbonyl (C=O) groups excluding carboxylic acids is 1. The van der Waals surface area contributed by atoms with Crippen molar-refractivity contribution < 1.29 is 22.7 Å². The number of anilines is 1. The minimum absolute atomic E-state index is 0.0468. The van der Waals surface area contributed by atoms with Gasteiger partial charge in [0.1, 0.15) is 5.75 Å². The molecule has 0 aliphatic carbocycles. The van der Waals surface area contributed by atoms with Crippen LogP contribution in [-0.4, -0.2) is 44.4 Å². The van der Waals surface area contributed by atoms with E-state index in [4.69, 9.17) is 9.47 Å². The van der Waals surface area contributed by atoms with Gasteiger partial charge in [0.25, 0.3) is 5.56 Å². The molecule has 0 saturated heterocycles. The molecule has 194 valence electrons. The van der Waals surface area contributed by atoms with Gasteiger partial charge in [-0.05, 0) is 35.7 Å². The molecule has 0 fully saturated rings. The number of H-pyrrole nitrogens is 1. The Morgan fingerprint density at radius 3 is 2.27 bits per heavy atom. The molecule has 3 aromatic rings. The summed E-state index contributed by atoms with van der Waals surface area (Å²) in [6.45, 7) is 5.85. The SMILES string of the molecule is COC(=O)c1cc(NS(C)(=O)=O)ccc1C#Cc1cc(-n2c(=O)cc[nH]c2=O)cc(C(C)(C)C)c1OC. The lowest BCUT2D eigenvalue weighted by Crippen LogP contribution is -2.32. The minimum Gasteiger partial charge on any atom is -0.495 e. The number of aromatic nitrogens is 2. The van der Waals surface area contributed by atoms with Gasteiger partial charge >= 0.3 is 11.7 Å². The minimum atomic E-state index is -3.57. The number of aromatic amines is 1. The van der Waals surface area contributed by atoms with E-state index < -0.39 is 32.7 Å². The molecule has 0 bridgehead atoms. The Bertz CT molecular complexity index is 1620. The highest BCUT2D eigenvalue weighted by atomic mass is 32.2. The summed E-state index contributed by atoms with van der Waals surface area (Å²) in [5, 5.41) is 0. The van der Waals surface area contributed by atoms with E-state index in [0.29, 0.717) is 22.6 Å². The maximum Gasteiger partial charge on any atom is 0.339 e. The number of benzene rings is 2. The Kier molecular flexibility index (Phi) is 7.64.